The molecule has 1 atom stereocenters. The van der Waals surface area contributed by atoms with Crippen molar-refractivity contribution >= 4 is 33.9 Å². The summed E-state index contributed by atoms with van der Waals surface area (Å²) in [5.41, 5.74) is 9.69. The highest BCUT2D eigenvalue weighted by Crippen LogP contribution is 2.23. The van der Waals surface area contributed by atoms with Crippen molar-refractivity contribution in [3.63, 3.8) is 0 Å². The largest absolute Gasteiger partial charge is 0.324 e. The summed E-state index contributed by atoms with van der Waals surface area (Å²) < 4.78 is 1.28. The molecule has 84 valence electrons. The standard InChI is InChI=1S/C12H13IN2S/c1-8-3-2-4-15-11(8)6-10(14)9-5-12(13)16-7-9/h2-5,7,10H,6,14H2,1H3. The highest BCUT2D eigenvalue weighted by atomic mass is 127. The van der Waals surface area contributed by atoms with Gasteiger partial charge in [0.1, 0.15) is 0 Å². The third kappa shape index (κ3) is 2.81. The number of hydrogen-bond acceptors (Lipinski definition) is 3. The van der Waals surface area contributed by atoms with Gasteiger partial charge in [0.25, 0.3) is 0 Å². The fourth-order valence-corrected chi connectivity index (χ4v) is 3.01. The topological polar surface area (TPSA) is 38.9 Å². The lowest BCUT2D eigenvalue weighted by atomic mass is 10.0. The molecule has 0 bridgehead atoms. The summed E-state index contributed by atoms with van der Waals surface area (Å²) in [4.78, 5) is 4.37. The zero-order valence-electron chi connectivity index (χ0n) is 8.98. The van der Waals surface area contributed by atoms with Gasteiger partial charge in [0, 0.05) is 24.4 Å². The Kier molecular flexibility index (Phi) is 3.94. The van der Waals surface area contributed by atoms with Crippen LogP contribution in [0.1, 0.15) is 22.9 Å². The first-order valence-electron chi connectivity index (χ1n) is 5.07. The van der Waals surface area contributed by atoms with Gasteiger partial charge in [-0.3, -0.25) is 4.98 Å². The highest BCUT2D eigenvalue weighted by Gasteiger charge is 2.10. The van der Waals surface area contributed by atoms with Gasteiger partial charge in [0.2, 0.25) is 0 Å². The zero-order chi connectivity index (χ0) is 11.5. The van der Waals surface area contributed by atoms with Crippen molar-refractivity contribution in [1.82, 2.24) is 4.98 Å². The van der Waals surface area contributed by atoms with Gasteiger partial charge in [0.15, 0.2) is 0 Å². The van der Waals surface area contributed by atoms with Crippen LogP contribution < -0.4 is 5.73 Å². The van der Waals surface area contributed by atoms with E-state index in [1.165, 1.54) is 14.0 Å². The Labute approximate surface area is 113 Å². The van der Waals surface area contributed by atoms with E-state index in [0.717, 1.165) is 12.1 Å². The van der Waals surface area contributed by atoms with Crippen LogP contribution in [0.5, 0.6) is 0 Å². The van der Waals surface area contributed by atoms with Crippen molar-refractivity contribution in [3.8, 4) is 0 Å². The van der Waals surface area contributed by atoms with E-state index in [0.29, 0.717) is 0 Å². The molecule has 0 aliphatic carbocycles. The SMILES string of the molecule is Cc1cccnc1CC(N)c1csc(I)c1. The lowest BCUT2D eigenvalue weighted by Crippen LogP contribution is -2.14. The van der Waals surface area contributed by atoms with E-state index in [1.54, 1.807) is 11.3 Å². The van der Waals surface area contributed by atoms with Crippen molar-refractivity contribution in [3.05, 3.63) is 49.5 Å². The monoisotopic (exact) mass is 344 g/mol. The summed E-state index contributed by atoms with van der Waals surface area (Å²) in [7, 11) is 0. The highest BCUT2D eigenvalue weighted by molar-refractivity contribution is 14.1. The summed E-state index contributed by atoms with van der Waals surface area (Å²) in [5.74, 6) is 0. The predicted octanol–water partition coefficient (Wildman–Crippen LogP) is 3.30. The fraction of sp³-hybridized carbons (Fsp3) is 0.250. The van der Waals surface area contributed by atoms with E-state index in [2.05, 4.69) is 52.0 Å². The van der Waals surface area contributed by atoms with Gasteiger partial charge >= 0.3 is 0 Å². The lowest BCUT2D eigenvalue weighted by Gasteiger charge is -2.10. The summed E-state index contributed by atoms with van der Waals surface area (Å²) in [6.07, 6.45) is 2.63. The molecule has 2 aromatic heterocycles. The summed E-state index contributed by atoms with van der Waals surface area (Å²) in [5, 5.41) is 2.13. The Morgan fingerprint density at radius 1 is 1.56 bits per heavy atom. The van der Waals surface area contributed by atoms with Crippen LogP contribution in [0, 0.1) is 9.81 Å². The zero-order valence-corrected chi connectivity index (χ0v) is 12.0. The van der Waals surface area contributed by atoms with Crippen molar-refractivity contribution in [2.45, 2.75) is 19.4 Å². The van der Waals surface area contributed by atoms with Crippen LogP contribution in [0.2, 0.25) is 0 Å². The third-order valence-electron chi connectivity index (χ3n) is 2.55. The molecule has 0 saturated carbocycles. The van der Waals surface area contributed by atoms with Gasteiger partial charge in [-0.05, 0) is 58.2 Å². The average molecular weight is 344 g/mol. The number of halogens is 1. The molecular weight excluding hydrogens is 331 g/mol. The minimum atomic E-state index is 0.0494. The molecule has 0 amide bonds. The average Bonchev–Trinajstić information content (AvgIpc) is 2.68. The van der Waals surface area contributed by atoms with Crippen molar-refractivity contribution < 1.29 is 0 Å². The van der Waals surface area contributed by atoms with Crippen LogP contribution in [0.25, 0.3) is 0 Å². The maximum absolute atomic E-state index is 6.17. The molecule has 0 aromatic carbocycles. The number of thiophene rings is 1. The smallest absolute Gasteiger partial charge is 0.0656 e. The number of nitrogens with two attached hydrogens (primary N) is 1. The molecule has 0 aliphatic rings. The number of nitrogens with zero attached hydrogens (tertiary/aromatic N) is 1. The van der Waals surface area contributed by atoms with Gasteiger partial charge in [0.05, 0.1) is 2.88 Å². The second-order valence-corrected chi connectivity index (χ2v) is 6.57. The molecule has 0 fully saturated rings. The molecule has 2 aromatic rings. The maximum atomic E-state index is 6.17. The van der Waals surface area contributed by atoms with Crippen LogP contribution in [0.4, 0.5) is 0 Å². The van der Waals surface area contributed by atoms with E-state index in [4.69, 9.17) is 5.73 Å². The molecule has 2 rings (SSSR count). The Hall–Kier alpha value is -0.460. The summed E-state index contributed by atoms with van der Waals surface area (Å²) >= 11 is 4.05. The van der Waals surface area contributed by atoms with E-state index < -0.39 is 0 Å². The lowest BCUT2D eigenvalue weighted by molar-refractivity contribution is 0.705. The van der Waals surface area contributed by atoms with Crippen LogP contribution in [0.3, 0.4) is 0 Å². The van der Waals surface area contributed by atoms with Crippen molar-refractivity contribution in [2.24, 2.45) is 5.73 Å². The first kappa shape index (κ1) is 12.0. The Morgan fingerprint density at radius 3 is 3.00 bits per heavy atom. The van der Waals surface area contributed by atoms with Gasteiger partial charge < -0.3 is 5.73 Å². The number of rotatable bonds is 3. The third-order valence-corrected chi connectivity index (χ3v) is 4.35. The molecular formula is C12H13IN2S. The fourth-order valence-electron chi connectivity index (χ4n) is 1.58. The number of aryl methyl sites for hydroxylation is 1. The molecule has 2 nitrogen and oxygen atoms in total. The second kappa shape index (κ2) is 5.25. The van der Waals surface area contributed by atoms with E-state index >= 15 is 0 Å². The maximum Gasteiger partial charge on any atom is 0.0656 e. The number of pyridine rings is 1. The molecule has 0 spiro atoms. The molecule has 2 heterocycles. The molecule has 0 aliphatic heterocycles. The first-order chi connectivity index (χ1) is 7.66. The van der Waals surface area contributed by atoms with Crippen LogP contribution in [-0.2, 0) is 6.42 Å². The molecule has 1 unspecified atom stereocenters. The second-order valence-electron chi connectivity index (χ2n) is 3.76. The Balaban J connectivity index is 2.13. The Bertz CT molecular complexity index is 481. The molecule has 2 N–H and O–H groups in total. The number of hydrogen-bond donors (Lipinski definition) is 1. The van der Waals surface area contributed by atoms with E-state index in [9.17, 15) is 0 Å². The normalized spacial score (nSPS) is 12.7. The first-order valence-corrected chi connectivity index (χ1v) is 7.02. The van der Waals surface area contributed by atoms with Crippen LogP contribution >= 0.6 is 33.9 Å². The minimum Gasteiger partial charge on any atom is -0.324 e. The Morgan fingerprint density at radius 2 is 2.38 bits per heavy atom. The van der Waals surface area contributed by atoms with Gasteiger partial charge in [-0.1, -0.05) is 6.07 Å². The number of aromatic nitrogens is 1. The van der Waals surface area contributed by atoms with Gasteiger partial charge in [-0.25, -0.2) is 0 Å². The van der Waals surface area contributed by atoms with Gasteiger partial charge in [-0.2, -0.15) is 0 Å². The summed E-state index contributed by atoms with van der Waals surface area (Å²) in [6, 6.07) is 6.23. The van der Waals surface area contributed by atoms with Crippen molar-refractivity contribution in [1.29, 1.82) is 0 Å². The molecule has 0 radical (unpaired) electrons. The predicted molar refractivity (Wildman–Crippen MR) is 76.6 cm³/mol. The van der Waals surface area contributed by atoms with E-state index in [-0.39, 0.29) is 6.04 Å². The van der Waals surface area contributed by atoms with Crippen LogP contribution in [0.15, 0.2) is 29.8 Å². The summed E-state index contributed by atoms with van der Waals surface area (Å²) in [6.45, 7) is 2.08. The van der Waals surface area contributed by atoms with Crippen molar-refractivity contribution in [2.75, 3.05) is 0 Å². The van der Waals surface area contributed by atoms with Gasteiger partial charge in [-0.15, -0.1) is 11.3 Å². The quantitative estimate of drug-likeness (QED) is 0.868. The molecule has 4 heteroatoms. The van der Waals surface area contributed by atoms with Crippen LogP contribution in [-0.4, -0.2) is 4.98 Å². The molecule has 0 saturated heterocycles. The van der Waals surface area contributed by atoms with E-state index in [1.807, 2.05) is 12.3 Å². The molecule has 16 heavy (non-hydrogen) atoms. The minimum absolute atomic E-state index is 0.0494.